The largest absolute Gasteiger partial charge is 0.341 e. The number of likely N-dealkylation sites (tertiary alicyclic amines) is 2. The zero-order chi connectivity index (χ0) is 15.1. The van der Waals surface area contributed by atoms with Gasteiger partial charge in [0.05, 0.1) is 6.04 Å². The maximum absolute atomic E-state index is 13.0. The van der Waals surface area contributed by atoms with Gasteiger partial charge < -0.3 is 4.90 Å². The predicted molar refractivity (Wildman–Crippen MR) is 87.3 cm³/mol. The summed E-state index contributed by atoms with van der Waals surface area (Å²) in [6.07, 6.45) is 8.02. The van der Waals surface area contributed by atoms with Crippen LogP contribution in [0.5, 0.6) is 0 Å². The molecule has 0 aromatic heterocycles. The van der Waals surface area contributed by atoms with Crippen LogP contribution in [-0.2, 0) is 4.79 Å². The highest BCUT2D eigenvalue weighted by Gasteiger charge is 2.49. The summed E-state index contributed by atoms with van der Waals surface area (Å²) >= 11 is 0. The molecule has 1 aliphatic carbocycles. The third-order valence-corrected chi connectivity index (χ3v) is 5.60. The normalized spacial score (nSPS) is 31.9. The molecule has 2 heterocycles. The molecule has 4 rings (SSSR count). The summed E-state index contributed by atoms with van der Waals surface area (Å²) in [6.45, 7) is 4.14. The second-order valence-electron chi connectivity index (χ2n) is 6.86. The molecule has 0 spiro atoms. The molecular weight excluding hydrogens is 272 g/mol. The summed E-state index contributed by atoms with van der Waals surface area (Å²) in [5.41, 5.74) is 1.31. The fourth-order valence-corrected chi connectivity index (χ4v) is 4.46. The minimum atomic E-state index is 0.0447. The van der Waals surface area contributed by atoms with E-state index in [2.05, 4.69) is 59.2 Å². The van der Waals surface area contributed by atoms with Crippen molar-refractivity contribution >= 4 is 5.91 Å². The number of nitrogens with zero attached hydrogens (tertiary/aromatic N) is 2. The van der Waals surface area contributed by atoms with Crippen molar-refractivity contribution in [2.45, 2.75) is 44.3 Å². The fourth-order valence-electron chi connectivity index (χ4n) is 4.46. The van der Waals surface area contributed by atoms with Gasteiger partial charge in [0.1, 0.15) is 0 Å². The van der Waals surface area contributed by atoms with Crippen LogP contribution in [0.3, 0.4) is 0 Å². The molecule has 2 saturated heterocycles. The lowest BCUT2D eigenvalue weighted by Gasteiger charge is -2.38. The Morgan fingerprint density at radius 2 is 1.86 bits per heavy atom. The lowest BCUT2D eigenvalue weighted by Crippen LogP contribution is -2.50. The molecule has 22 heavy (non-hydrogen) atoms. The number of fused-ring (bicyclic) bond motifs is 2. The van der Waals surface area contributed by atoms with Crippen LogP contribution in [0.4, 0.5) is 0 Å². The monoisotopic (exact) mass is 296 g/mol. The Balaban J connectivity index is 1.62. The Labute approximate surface area is 132 Å². The first kappa shape index (κ1) is 14.0. The average Bonchev–Trinajstić information content (AvgIpc) is 3.30. The van der Waals surface area contributed by atoms with Gasteiger partial charge in [0.25, 0.3) is 0 Å². The molecule has 0 N–H and O–H groups in total. The van der Waals surface area contributed by atoms with E-state index >= 15 is 0 Å². The van der Waals surface area contributed by atoms with Crippen LogP contribution < -0.4 is 0 Å². The smallest absolute Gasteiger partial charge is 0.240 e. The highest BCUT2D eigenvalue weighted by Crippen LogP contribution is 2.43. The van der Waals surface area contributed by atoms with Gasteiger partial charge in [-0.1, -0.05) is 42.5 Å². The standard InChI is InChI=1S/C19H24N2O/c1-14(15-7-3-2-4-8-15)21-17-10-9-16(13-17)18(21)19(22)20-11-5-6-12-20/h2-4,7-10,14,16-18H,5-6,11-13H2,1H3/t14-,16+,17-,18+/m0/s1. The average molecular weight is 296 g/mol. The first-order valence-electron chi connectivity index (χ1n) is 8.55. The quantitative estimate of drug-likeness (QED) is 0.801. The van der Waals surface area contributed by atoms with Crippen LogP contribution in [0.2, 0.25) is 0 Å². The minimum absolute atomic E-state index is 0.0447. The van der Waals surface area contributed by atoms with E-state index in [0.717, 1.165) is 32.4 Å². The number of hydrogen-bond acceptors (Lipinski definition) is 2. The van der Waals surface area contributed by atoms with Gasteiger partial charge in [-0.3, -0.25) is 9.69 Å². The molecule has 2 fully saturated rings. The van der Waals surface area contributed by atoms with Crippen molar-refractivity contribution in [2.24, 2.45) is 5.92 Å². The molecule has 4 atom stereocenters. The minimum Gasteiger partial charge on any atom is -0.341 e. The Morgan fingerprint density at radius 1 is 1.14 bits per heavy atom. The van der Waals surface area contributed by atoms with Crippen molar-refractivity contribution in [3.63, 3.8) is 0 Å². The lowest BCUT2D eigenvalue weighted by molar-refractivity contribution is -0.137. The first-order valence-corrected chi connectivity index (χ1v) is 8.55. The van der Waals surface area contributed by atoms with Crippen LogP contribution in [-0.4, -0.2) is 40.9 Å². The maximum Gasteiger partial charge on any atom is 0.240 e. The zero-order valence-corrected chi connectivity index (χ0v) is 13.2. The molecule has 0 unspecified atom stereocenters. The second kappa shape index (κ2) is 5.54. The zero-order valence-electron chi connectivity index (χ0n) is 13.2. The highest BCUT2D eigenvalue weighted by atomic mass is 16.2. The molecule has 2 aliphatic heterocycles. The van der Waals surface area contributed by atoms with E-state index in [1.807, 2.05) is 0 Å². The number of hydrogen-bond donors (Lipinski definition) is 0. The van der Waals surface area contributed by atoms with Crippen LogP contribution in [0.15, 0.2) is 42.5 Å². The van der Waals surface area contributed by atoms with Crippen molar-refractivity contribution in [1.82, 2.24) is 9.80 Å². The predicted octanol–water partition coefficient (Wildman–Crippen LogP) is 3.00. The van der Waals surface area contributed by atoms with E-state index < -0.39 is 0 Å². The topological polar surface area (TPSA) is 23.6 Å². The SMILES string of the molecule is C[C@@H](c1ccccc1)N1[C@H]2C=C[C@H](C2)[C@@H]1C(=O)N1CCCC1. The Kier molecular flexibility index (Phi) is 3.53. The Bertz CT molecular complexity index is 576. The lowest BCUT2D eigenvalue weighted by atomic mass is 9.98. The van der Waals surface area contributed by atoms with Gasteiger partial charge in [0.15, 0.2) is 0 Å². The summed E-state index contributed by atoms with van der Waals surface area (Å²) in [7, 11) is 0. The van der Waals surface area contributed by atoms with Gasteiger partial charge in [-0.2, -0.15) is 0 Å². The third kappa shape index (κ3) is 2.19. The molecule has 1 aromatic carbocycles. The van der Waals surface area contributed by atoms with E-state index in [0.29, 0.717) is 17.9 Å². The molecule has 2 bridgehead atoms. The molecule has 1 amide bonds. The number of carbonyl (C=O) groups is 1. The van der Waals surface area contributed by atoms with Gasteiger partial charge in [0, 0.05) is 31.1 Å². The number of carbonyl (C=O) groups excluding carboxylic acids is 1. The third-order valence-electron chi connectivity index (χ3n) is 5.60. The van der Waals surface area contributed by atoms with Gasteiger partial charge in [-0.05, 0) is 31.7 Å². The Morgan fingerprint density at radius 3 is 2.59 bits per heavy atom. The van der Waals surface area contributed by atoms with E-state index in [1.165, 1.54) is 5.56 Å². The van der Waals surface area contributed by atoms with E-state index in [9.17, 15) is 4.79 Å². The van der Waals surface area contributed by atoms with Gasteiger partial charge in [0.2, 0.25) is 5.91 Å². The molecule has 3 aliphatic rings. The number of rotatable bonds is 3. The second-order valence-corrected chi connectivity index (χ2v) is 6.86. The van der Waals surface area contributed by atoms with Crippen molar-refractivity contribution in [1.29, 1.82) is 0 Å². The molecule has 116 valence electrons. The fraction of sp³-hybridized carbons (Fsp3) is 0.526. The van der Waals surface area contributed by atoms with Crippen molar-refractivity contribution in [3.8, 4) is 0 Å². The number of amides is 1. The van der Waals surface area contributed by atoms with Crippen LogP contribution in [0.1, 0.15) is 37.8 Å². The molecule has 3 nitrogen and oxygen atoms in total. The molecule has 1 aromatic rings. The first-order chi connectivity index (χ1) is 10.8. The molecule has 0 radical (unpaired) electrons. The van der Waals surface area contributed by atoms with Crippen molar-refractivity contribution in [3.05, 3.63) is 48.0 Å². The van der Waals surface area contributed by atoms with Gasteiger partial charge in [-0.25, -0.2) is 0 Å². The van der Waals surface area contributed by atoms with Crippen molar-refractivity contribution < 1.29 is 4.79 Å². The number of benzene rings is 1. The summed E-state index contributed by atoms with van der Waals surface area (Å²) in [6, 6.07) is 11.4. The summed E-state index contributed by atoms with van der Waals surface area (Å²) < 4.78 is 0. The van der Waals surface area contributed by atoms with E-state index in [1.54, 1.807) is 0 Å². The summed E-state index contributed by atoms with van der Waals surface area (Å²) in [5.74, 6) is 0.765. The van der Waals surface area contributed by atoms with Gasteiger partial charge in [-0.15, -0.1) is 0 Å². The molecule has 3 heteroatoms. The van der Waals surface area contributed by atoms with E-state index in [4.69, 9.17) is 0 Å². The summed E-state index contributed by atoms with van der Waals surface area (Å²) in [4.78, 5) is 17.6. The van der Waals surface area contributed by atoms with Crippen LogP contribution in [0.25, 0.3) is 0 Å². The summed E-state index contributed by atoms with van der Waals surface area (Å²) in [5, 5.41) is 0. The van der Waals surface area contributed by atoms with Crippen molar-refractivity contribution in [2.75, 3.05) is 13.1 Å². The highest BCUT2D eigenvalue weighted by molar-refractivity contribution is 5.83. The molecule has 0 saturated carbocycles. The Hall–Kier alpha value is -1.61. The van der Waals surface area contributed by atoms with Crippen LogP contribution in [0, 0.1) is 5.92 Å². The van der Waals surface area contributed by atoms with Crippen LogP contribution >= 0.6 is 0 Å². The van der Waals surface area contributed by atoms with E-state index in [-0.39, 0.29) is 12.1 Å². The molecular formula is C19H24N2O. The maximum atomic E-state index is 13.0. The van der Waals surface area contributed by atoms with Gasteiger partial charge >= 0.3 is 0 Å².